The van der Waals surface area contributed by atoms with E-state index >= 15 is 0 Å². The molecule has 2 N–H and O–H groups in total. The molecule has 0 saturated carbocycles. The van der Waals surface area contributed by atoms with Gasteiger partial charge in [-0.1, -0.05) is 21.1 Å². The van der Waals surface area contributed by atoms with Gasteiger partial charge in [0.05, 0.1) is 11.3 Å². The quantitative estimate of drug-likeness (QED) is 0.785. The molecule has 3 rings (SSSR count). The van der Waals surface area contributed by atoms with Crippen LogP contribution in [0.25, 0.3) is 22.8 Å². The fraction of sp³-hybridized carbons (Fsp3) is 0. The number of hydrogen-bond donors (Lipinski definition) is 1. The number of pyridine rings is 1. The second kappa shape index (κ2) is 4.81. The molecule has 5 nitrogen and oxygen atoms in total. The van der Waals surface area contributed by atoms with Crippen molar-refractivity contribution >= 4 is 21.6 Å². The van der Waals surface area contributed by atoms with Gasteiger partial charge < -0.3 is 10.3 Å². The molecule has 0 fully saturated rings. The summed E-state index contributed by atoms with van der Waals surface area (Å²) in [5, 5.41) is 3.95. The Balaban J connectivity index is 1.97. The number of nitrogen functional groups attached to an aromatic ring is 1. The molecule has 0 saturated heterocycles. The van der Waals surface area contributed by atoms with Crippen molar-refractivity contribution in [2.75, 3.05) is 5.73 Å². The summed E-state index contributed by atoms with van der Waals surface area (Å²) in [6.07, 6.45) is 3.20. The van der Waals surface area contributed by atoms with Crippen LogP contribution in [-0.4, -0.2) is 15.1 Å². The van der Waals surface area contributed by atoms with Crippen LogP contribution in [-0.2, 0) is 0 Å². The van der Waals surface area contributed by atoms with Gasteiger partial charge in [-0.25, -0.2) is 0 Å². The first-order chi connectivity index (χ1) is 9.22. The van der Waals surface area contributed by atoms with Gasteiger partial charge in [-0.2, -0.15) is 4.98 Å². The Morgan fingerprint density at radius 2 is 1.84 bits per heavy atom. The van der Waals surface area contributed by atoms with E-state index in [0.717, 1.165) is 10.0 Å². The van der Waals surface area contributed by atoms with Crippen molar-refractivity contribution in [3.05, 3.63) is 47.2 Å². The maximum Gasteiger partial charge on any atom is 0.259 e. The van der Waals surface area contributed by atoms with Crippen LogP contribution >= 0.6 is 15.9 Å². The summed E-state index contributed by atoms with van der Waals surface area (Å²) < 4.78 is 6.22. The fourth-order valence-corrected chi connectivity index (χ4v) is 1.90. The van der Waals surface area contributed by atoms with Crippen LogP contribution in [0.4, 0.5) is 5.69 Å². The van der Waals surface area contributed by atoms with E-state index in [1.807, 2.05) is 24.3 Å². The zero-order valence-corrected chi connectivity index (χ0v) is 11.3. The highest BCUT2D eigenvalue weighted by atomic mass is 79.9. The molecule has 0 amide bonds. The molecule has 0 aliphatic rings. The minimum Gasteiger partial charge on any atom is -0.397 e. The molecule has 1 aromatic carbocycles. The Morgan fingerprint density at radius 1 is 1.05 bits per heavy atom. The number of anilines is 1. The number of halogens is 1. The van der Waals surface area contributed by atoms with Gasteiger partial charge >= 0.3 is 0 Å². The second-order valence-corrected chi connectivity index (χ2v) is 4.85. The number of nitrogens with zero attached hydrogens (tertiary/aromatic N) is 3. The number of nitrogens with two attached hydrogens (primary N) is 1. The summed E-state index contributed by atoms with van der Waals surface area (Å²) in [6.45, 7) is 0. The average molecular weight is 317 g/mol. The highest BCUT2D eigenvalue weighted by molar-refractivity contribution is 9.10. The van der Waals surface area contributed by atoms with E-state index in [1.165, 1.54) is 0 Å². The third-order valence-electron chi connectivity index (χ3n) is 2.53. The molecule has 0 unspecified atom stereocenters. The lowest BCUT2D eigenvalue weighted by atomic mass is 10.2. The number of aromatic nitrogens is 3. The van der Waals surface area contributed by atoms with Crippen molar-refractivity contribution < 1.29 is 4.52 Å². The topological polar surface area (TPSA) is 77.8 Å². The van der Waals surface area contributed by atoms with Crippen molar-refractivity contribution in [2.24, 2.45) is 0 Å². The predicted octanol–water partition coefficient (Wildman–Crippen LogP) is 3.14. The van der Waals surface area contributed by atoms with Gasteiger partial charge in [0.15, 0.2) is 0 Å². The normalized spacial score (nSPS) is 10.6. The molecule has 19 heavy (non-hydrogen) atoms. The highest BCUT2D eigenvalue weighted by Gasteiger charge is 2.10. The molecule has 0 spiro atoms. The van der Waals surface area contributed by atoms with Gasteiger partial charge in [0.1, 0.15) is 0 Å². The molecular weight excluding hydrogens is 308 g/mol. The van der Waals surface area contributed by atoms with Crippen molar-refractivity contribution in [1.29, 1.82) is 0 Å². The summed E-state index contributed by atoms with van der Waals surface area (Å²) in [4.78, 5) is 8.33. The SMILES string of the molecule is Nc1cncc(-c2nc(-c3ccc(Br)cc3)no2)c1. The third-order valence-corrected chi connectivity index (χ3v) is 3.06. The molecule has 94 valence electrons. The minimum absolute atomic E-state index is 0.401. The Hall–Kier alpha value is -2.21. The van der Waals surface area contributed by atoms with Crippen molar-refractivity contribution in [3.63, 3.8) is 0 Å². The third kappa shape index (κ3) is 2.48. The van der Waals surface area contributed by atoms with Gasteiger partial charge in [0.25, 0.3) is 5.89 Å². The Labute approximate surface area is 117 Å². The standard InChI is InChI=1S/C13H9BrN4O/c14-10-3-1-8(2-4-10)12-17-13(19-18-12)9-5-11(15)7-16-6-9/h1-7H,15H2. The fourth-order valence-electron chi connectivity index (χ4n) is 1.63. The monoisotopic (exact) mass is 316 g/mol. The summed E-state index contributed by atoms with van der Waals surface area (Å²) in [6, 6.07) is 9.42. The van der Waals surface area contributed by atoms with Crippen LogP contribution < -0.4 is 5.73 Å². The average Bonchev–Trinajstić information content (AvgIpc) is 2.89. The first-order valence-electron chi connectivity index (χ1n) is 5.53. The van der Waals surface area contributed by atoms with Gasteiger partial charge in [-0.3, -0.25) is 4.98 Å². The number of benzene rings is 1. The summed E-state index contributed by atoms with van der Waals surface area (Å²) >= 11 is 3.38. The second-order valence-electron chi connectivity index (χ2n) is 3.94. The van der Waals surface area contributed by atoms with E-state index in [-0.39, 0.29) is 0 Å². The van der Waals surface area contributed by atoms with Gasteiger partial charge in [-0.05, 0) is 30.3 Å². The van der Waals surface area contributed by atoms with E-state index in [4.69, 9.17) is 10.3 Å². The predicted molar refractivity (Wildman–Crippen MR) is 75.1 cm³/mol. The Kier molecular flexibility index (Phi) is 3.00. The lowest BCUT2D eigenvalue weighted by Crippen LogP contribution is -1.87. The number of hydrogen-bond acceptors (Lipinski definition) is 5. The molecule has 0 aliphatic heterocycles. The van der Waals surface area contributed by atoms with E-state index in [9.17, 15) is 0 Å². The van der Waals surface area contributed by atoms with Crippen molar-refractivity contribution in [3.8, 4) is 22.8 Å². The zero-order valence-electron chi connectivity index (χ0n) is 9.75. The van der Waals surface area contributed by atoms with Gasteiger partial charge in [-0.15, -0.1) is 0 Å². The summed E-state index contributed by atoms with van der Waals surface area (Å²) in [5.74, 6) is 0.933. The van der Waals surface area contributed by atoms with Gasteiger partial charge in [0, 0.05) is 22.4 Å². The van der Waals surface area contributed by atoms with E-state index in [0.29, 0.717) is 23.0 Å². The van der Waals surface area contributed by atoms with Crippen LogP contribution in [0.5, 0.6) is 0 Å². The molecule has 6 heteroatoms. The van der Waals surface area contributed by atoms with E-state index < -0.39 is 0 Å². The first-order valence-corrected chi connectivity index (χ1v) is 6.32. The van der Waals surface area contributed by atoms with Crippen LogP contribution in [0.15, 0.2) is 51.7 Å². The van der Waals surface area contributed by atoms with Crippen LogP contribution in [0, 0.1) is 0 Å². The molecule has 2 heterocycles. The smallest absolute Gasteiger partial charge is 0.259 e. The Bertz CT molecular complexity index is 709. The molecule has 0 aliphatic carbocycles. The lowest BCUT2D eigenvalue weighted by molar-refractivity contribution is 0.432. The molecule has 0 bridgehead atoms. The number of rotatable bonds is 2. The maximum atomic E-state index is 5.67. The van der Waals surface area contributed by atoms with Crippen molar-refractivity contribution in [1.82, 2.24) is 15.1 Å². The molecule has 0 atom stereocenters. The summed E-state index contributed by atoms with van der Waals surface area (Å²) in [7, 11) is 0. The van der Waals surface area contributed by atoms with Gasteiger partial charge in [0.2, 0.25) is 5.82 Å². The molecular formula is C13H9BrN4O. The largest absolute Gasteiger partial charge is 0.397 e. The van der Waals surface area contributed by atoms with Crippen LogP contribution in [0.3, 0.4) is 0 Å². The minimum atomic E-state index is 0.401. The Morgan fingerprint density at radius 3 is 2.58 bits per heavy atom. The van der Waals surface area contributed by atoms with E-state index in [1.54, 1.807) is 18.5 Å². The van der Waals surface area contributed by atoms with E-state index in [2.05, 4.69) is 31.1 Å². The zero-order chi connectivity index (χ0) is 13.2. The van der Waals surface area contributed by atoms with Crippen LogP contribution in [0.2, 0.25) is 0 Å². The lowest BCUT2D eigenvalue weighted by Gasteiger charge is -1.95. The first kappa shape index (κ1) is 11.9. The molecule has 3 aromatic rings. The highest BCUT2D eigenvalue weighted by Crippen LogP contribution is 2.23. The van der Waals surface area contributed by atoms with Crippen molar-refractivity contribution in [2.45, 2.75) is 0 Å². The summed E-state index contributed by atoms with van der Waals surface area (Å²) in [5.41, 5.74) is 7.82. The maximum absolute atomic E-state index is 5.67. The molecule has 0 radical (unpaired) electrons. The molecule has 2 aromatic heterocycles. The van der Waals surface area contributed by atoms with Crippen LogP contribution in [0.1, 0.15) is 0 Å².